The Morgan fingerprint density at radius 1 is 1.20 bits per heavy atom. The van der Waals surface area contributed by atoms with E-state index in [1.165, 1.54) is 24.3 Å². The van der Waals surface area contributed by atoms with E-state index >= 15 is 0 Å². The number of aromatic hydroxyl groups is 1. The second-order valence-corrected chi connectivity index (χ2v) is 5.93. The molecule has 0 radical (unpaired) electrons. The Morgan fingerprint density at radius 2 is 1.80 bits per heavy atom. The van der Waals surface area contributed by atoms with E-state index in [0.29, 0.717) is 0 Å². The van der Waals surface area contributed by atoms with Gasteiger partial charge in [-0.25, -0.2) is 4.39 Å². The van der Waals surface area contributed by atoms with Crippen molar-refractivity contribution in [2.75, 3.05) is 5.32 Å². The first-order valence-corrected chi connectivity index (χ1v) is 7.16. The third-order valence-electron chi connectivity index (χ3n) is 2.44. The Hall–Kier alpha value is -1.05. The predicted octanol–water partition coefficient (Wildman–Crippen LogP) is 4.70. The summed E-state index contributed by atoms with van der Waals surface area (Å²) >= 11 is 13.3. The largest absolute Gasteiger partial charge is 0.507 e. The second-order valence-electron chi connectivity index (χ2n) is 3.87. The standard InChI is InChI=1S/C13H7Cl2FINO2/c14-9-4-7(5-10(15)12(9)16)18-13(20)8-3-6(17)1-2-11(8)19/h1-5,19H,(H,18,20). The Balaban J connectivity index is 2.30. The van der Waals surface area contributed by atoms with Crippen molar-refractivity contribution in [1.82, 2.24) is 0 Å². The number of phenolic OH excluding ortho intramolecular Hbond substituents is 1. The van der Waals surface area contributed by atoms with Gasteiger partial charge < -0.3 is 10.4 Å². The van der Waals surface area contributed by atoms with Crippen molar-refractivity contribution in [3.05, 3.63) is 55.3 Å². The first kappa shape index (κ1) is 15.3. The van der Waals surface area contributed by atoms with Crippen molar-refractivity contribution >= 4 is 57.4 Å². The fourth-order valence-corrected chi connectivity index (χ4v) is 2.49. The van der Waals surface area contributed by atoms with Crippen LogP contribution in [0.2, 0.25) is 10.0 Å². The molecule has 0 atom stereocenters. The first-order valence-electron chi connectivity index (χ1n) is 5.33. The lowest BCUT2D eigenvalue weighted by Crippen LogP contribution is -2.12. The van der Waals surface area contributed by atoms with E-state index in [9.17, 15) is 14.3 Å². The van der Waals surface area contributed by atoms with Crippen LogP contribution in [-0.4, -0.2) is 11.0 Å². The van der Waals surface area contributed by atoms with Gasteiger partial charge in [0.25, 0.3) is 5.91 Å². The molecule has 0 bridgehead atoms. The number of phenols is 1. The summed E-state index contributed by atoms with van der Waals surface area (Å²) in [7, 11) is 0. The molecule has 0 saturated heterocycles. The van der Waals surface area contributed by atoms with Gasteiger partial charge in [0, 0.05) is 9.26 Å². The number of anilines is 1. The van der Waals surface area contributed by atoms with Gasteiger partial charge in [-0.05, 0) is 52.9 Å². The average Bonchev–Trinajstić information content (AvgIpc) is 2.38. The van der Waals surface area contributed by atoms with Crippen molar-refractivity contribution < 1.29 is 14.3 Å². The molecule has 0 heterocycles. The van der Waals surface area contributed by atoms with Crippen LogP contribution in [0.3, 0.4) is 0 Å². The maximum atomic E-state index is 13.3. The molecule has 0 aliphatic heterocycles. The van der Waals surface area contributed by atoms with Crippen LogP contribution in [0.25, 0.3) is 0 Å². The molecule has 0 saturated carbocycles. The third-order valence-corrected chi connectivity index (χ3v) is 3.67. The minimum atomic E-state index is -0.747. The van der Waals surface area contributed by atoms with Gasteiger partial charge in [0.15, 0.2) is 5.82 Å². The van der Waals surface area contributed by atoms with Gasteiger partial charge >= 0.3 is 0 Å². The van der Waals surface area contributed by atoms with Gasteiger partial charge in [0.2, 0.25) is 0 Å². The molecular formula is C13H7Cl2FINO2. The molecule has 1 amide bonds. The monoisotopic (exact) mass is 425 g/mol. The minimum Gasteiger partial charge on any atom is -0.507 e. The zero-order valence-electron chi connectivity index (χ0n) is 9.75. The van der Waals surface area contributed by atoms with Crippen molar-refractivity contribution in [2.24, 2.45) is 0 Å². The Bertz CT molecular complexity index is 671. The number of carbonyl (C=O) groups is 1. The van der Waals surface area contributed by atoms with Crippen LogP contribution in [0.15, 0.2) is 30.3 Å². The van der Waals surface area contributed by atoms with E-state index in [0.717, 1.165) is 3.57 Å². The molecule has 20 heavy (non-hydrogen) atoms. The minimum absolute atomic E-state index is 0.105. The van der Waals surface area contributed by atoms with Gasteiger partial charge in [-0.1, -0.05) is 23.2 Å². The smallest absolute Gasteiger partial charge is 0.259 e. The van der Waals surface area contributed by atoms with Crippen LogP contribution < -0.4 is 5.32 Å². The SMILES string of the molecule is O=C(Nc1cc(Cl)c(F)c(Cl)c1)c1cc(I)ccc1O. The van der Waals surface area contributed by atoms with Gasteiger partial charge in [-0.2, -0.15) is 0 Å². The average molecular weight is 426 g/mol. The second kappa shape index (κ2) is 6.15. The summed E-state index contributed by atoms with van der Waals surface area (Å²) in [6, 6.07) is 7.09. The van der Waals surface area contributed by atoms with Crippen LogP contribution in [0.4, 0.5) is 10.1 Å². The highest BCUT2D eigenvalue weighted by Crippen LogP contribution is 2.28. The normalized spacial score (nSPS) is 10.4. The van der Waals surface area contributed by atoms with Gasteiger partial charge in [0.05, 0.1) is 15.6 Å². The molecule has 2 aromatic rings. The Kier molecular flexibility index (Phi) is 4.72. The highest BCUT2D eigenvalue weighted by atomic mass is 127. The van der Waals surface area contributed by atoms with E-state index in [1.807, 2.05) is 22.6 Å². The van der Waals surface area contributed by atoms with Gasteiger partial charge in [-0.15, -0.1) is 0 Å². The lowest BCUT2D eigenvalue weighted by Gasteiger charge is -2.09. The molecular weight excluding hydrogens is 419 g/mol. The number of rotatable bonds is 2. The fraction of sp³-hybridized carbons (Fsp3) is 0. The van der Waals surface area contributed by atoms with Crippen molar-refractivity contribution in [3.63, 3.8) is 0 Å². The maximum absolute atomic E-state index is 13.3. The summed E-state index contributed by atoms with van der Waals surface area (Å²) in [5, 5.41) is 11.8. The molecule has 3 nitrogen and oxygen atoms in total. The number of hydrogen-bond donors (Lipinski definition) is 2. The molecule has 0 aliphatic rings. The molecule has 0 aliphatic carbocycles. The number of benzene rings is 2. The summed E-state index contributed by atoms with van der Waals surface area (Å²) in [5.74, 6) is -1.44. The number of hydrogen-bond acceptors (Lipinski definition) is 2. The van der Waals surface area contributed by atoms with Crippen LogP contribution in [-0.2, 0) is 0 Å². The zero-order chi connectivity index (χ0) is 14.9. The molecule has 2 N–H and O–H groups in total. The van der Waals surface area contributed by atoms with E-state index in [1.54, 1.807) is 6.07 Å². The lowest BCUT2D eigenvalue weighted by atomic mass is 10.2. The molecule has 0 aromatic heterocycles. The van der Waals surface area contributed by atoms with E-state index < -0.39 is 11.7 Å². The van der Waals surface area contributed by atoms with Crippen LogP contribution in [0.1, 0.15) is 10.4 Å². The van der Waals surface area contributed by atoms with Crippen LogP contribution >= 0.6 is 45.8 Å². The molecule has 0 unspecified atom stereocenters. The van der Waals surface area contributed by atoms with Crippen LogP contribution in [0.5, 0.6) is 5.75 Å². The van der Waals surface area contributed by atoms with E-state index in [-0.39, 0.29) is 27.0 Å². The van der Waals surface area contributed by atoms with Gasteiger partial charge in [-0.3, -0.25) is 4.79 Å². The summed E-state index contributed by atoms with van der Waals surface area (Å²) < 4.78 is 14.1. The van der Waals surface area contributed by atoms with Crippen molar-refractivity contribution in [2.45, 2.75) is 0 Å². The number of halogens is 4. The molecule has 0 fully saturated rings. The number of nitrogens with one attached hydrogen (secondary N) is 1. The summed E-state index contributed by atoms with van der Waals surface area (Å²) in [6.45, 7) is 0. The molecule has 0 spiro atoms. The predicted molar refractivity (Wildman–Crippen MR) is 85.2 cm³/mol. The van der Waals surface area contributed by atoms with E-state index in [2.05, 4.69) is 5.32 Å². The highest BCUT2D eigenvalue weighted by Gasteiger charge is 2.14. The summed E-state index contributed by atoms with van der Waals surface area (Å²) in [5.41, 5.74) is 0.345. The zero-order valence-corrected chi connectivity index (χ0v) is 13.4. The van der Waals surface area contributed by atoms with Gasteiger partial charge in [0.1, 0.15) is 5.75 Å². The Labute approximate surface area is 137 Å². The molecule has 7 heteroatoms. The number of amides is 1. The Morgan fingerprint density at radius 3 is 2.40 bits per heavy atom. The fourth-order valence-electron chi connectivity index (χ4n) is 1.52. The van der Waals surface area contributed by atoms with Crippen LogP contribution in [0, 0.1) is 9.39 Å². The molecule has 2 aromatic carbocycles. The lowest BCUT2D eigenvalue weighted by molar-refractivity contribution is 0.102. The molecule has 104 valence electrons. The summed E-state index contributed by atoms with van der Waals surface area (Å²) in [4.78, 5) is 12.0. The van der Waals surface area contributed by atoms with E-state index in [4.69, 9.17) is 23.2 Å². The third kappa shape index (κ3) is 3.34. The maximum Gasteiger partial charge on any atom is 0.259 e. The summed E-state index contributed by atoms with van der Waals surface area (Å²) in [6.07, 6.45) is 0. The quantitative estimate of drug-likeness (QED) is 0.541. The highest BCUT2D eigenvalue weighted by molar-refractivity contribution is 14.1. The molecule has 2 rings (SSSR count). The number of carbonyl (C=O) groups excluding carboxylic acids is 1. The topological polar surface area (TPSA) is 49.3 Å². The van der Waals surface area contributed by atoms with Crippen molar-refractivity contribution in [3.8, 4) is 5.75 Å². The van der Waals surface area contributed by atoms with Crippen molar-refractivity contribution in [1.29, 1.82) is 0 Å². The first-order chi connectivity index (χ1) is 9.38.